The van der Waals surface area contributed by atoms with Crippen LogP contribution in [0.5, 0.6) is 0 Å². The van der Waals surface area contributed by atoms with E-state index < -0.39 is 8.07 Å². The first-order valence-electron chi connectivity index (χ1n) is 7.51. The van der Waals surface area contributed by atoms with Gasteiger partial charge in [0, 0.05) is 6.92 Å². The van der Waals surface area contributed by atoms with Gasteiger partial charge in [0.05, 0.1) is 5.38 Å². The molecule has 0 aliphatic carbocycles. The Morgan fingerprint density at radius 2 is 1.90 bits per heavy atom. The largest absolute Gasteiger partial charge is 0.436 e. The van der Waals surface area contributed by atoms with Gasteiger partial charge in [-0.25, -0.2) is 0 Å². The lowest BCUT2D eigenvalue weighted by Gasteiger charge is -2.25. The van der Waals surface area contributed by atoms with E-state index >= 15 is 0 Å². The number of hydrogen-bond donors (Lipinski definition) is 0. The maximum Gasteiger partial charge on any atom is 0.307 e. The molecular formula is C18H26O2Si. The zero-order valence-electron chi connectivity index (χ0n) is 13.6. The molecule has 0 radical (unpaired) electrons. The van der Waals surface area contributed by atoms with E-state index in [0.717, 1.165) is 30.2 Å². The van der Waals surface area contributed by atoms with Crippen LogP contribution in [0.1, 0.15) is 33.1 Å². The van der Waals surface area contributed by atoms with Crippen LogP contribution in [0.4, 0.5) is 0 Å². The molecule has 0 saturated heterocycles. The maximum atomic E-state index is 11.5. The van der Waals surface area contributed by atoms with Gasteiger partial charge in [0.15, 0.2) is 8.07 Å². The van der Waals surface area contributed by atoms with Crippen molar-refractivity contribution in [3.63, 3.8) is 0 Å². The van der Waals surface area contributed by atoms with E-state index in [-0.39, 0.29) is 5.97 Å². The zero-order valence-corrected chi connectivity index (χ0v) is 14.6. The van der Waals surface area contributed by atoms with Crippen molar-refractivity contribution < 1.29 is 9.53 Å². The predicted molar refractivity (Wildman–Crippen MR) is 92.1 cm³/mol. The monoisotopic (exact) mass is 302 g/mol. The third kappa shape index (κ3) is 5.35. The van der Waals surface area contributed by atoms with Crippen LogP contribution in [-0.4, -0.2) is 14.0 Å². The zero-order chi connectivity index (χ0) is 15.9. The highest BCUT2D eigenvalue weighted by Crippen LogP contribution is 2.20. The Balaban J connectivity index is 3.09. The molecular weight excluding hydrogens is 276 g/mol. The molecule has 114 valence electrons. The number of allylic oxidation sites excluding steroid dienone is 2. The number of esters is 1. The number of carbonyl (C=O) groups is 1. The van der Waals surface area contributed by atoms with Crippen LogP contribution >= 0.6 is 0 Å². The van der Waals surface area contributed by atoms with Gasteiger partial charge in [0.25, 0.3) is 0 Å². The summed E-state index contributed by atoms with van der Waals surface area (Å²) >= 11 is 0. The molecule has 1 aromatic carbocycles. The van der Waals surface area contributed by atoms with Crippen molar-refractivity contribution in [2.75, 3.05) is 0 Å². The molecule has 2 nitrogen and oxygen atoms in total. The molecule has 1 aromatic rings. The normalized spacial score (nSPS) is 12.1. The van der Waals surface area contributed by atoms with Crippen molar-refractivity contribution in [3.8, 4) is 0 Å². The fourth-order valence-corrected chi connectivity index (χ4v) is 4.42. The molecule has 0 N–H and O–H groups in total. The molecule has 0 amide bonds. The van der Waals surface area contributed by atoms with Crippen LogP contribution in [0.15, 0.2) is 53.9 Å². The molecule has 0 saturated carbocycles. The Hall–Kier alpha value is -1.61. The first-order chi connectivity index (χ1) is 9.87. The lowest BCUT2D eigenvalue weighted by atomic mass is 10.1. The fourth-order valence-electron chi connectivity index (χ4n) is 2.15. The average molecular weight is 302 g/mol. The van der Waals surface area contributed by atoms with Crippen LogP contribution in [0.2, 0.25) is 13.1 Å². The quantitative estimate of drug-likeness (QED) is 0.324. The summed E-state index contributed by atoms with van der Waals surface area (Å²) in [7, 11) is -2.02. The summed E-state index contributed by atoms with van der Waals surface area (Å²) in [6.45, 7) is 12.1. The van der Waals surface area contributed by atoms with Gasteiger partial charge in [-0.2, -0.15) is 0 Å². The molecule has 0 aromatic heterocycles. The lowest BCUT2D eigenvalue weighted by Crippen LogP contribution is -2.45. The molecule has 0 aliphatic rings. The number of unbranched alkanes of at least 4 members (excludes halogenated alkanes) is 1. The van der Waals surface area contributed by atoms with E-state index in [1.165, 1.54) is 12.1 Å². The summed E-state index contributed by atoms with van der Waals surface area (Å²) in [5.41, 5.74) is 1.03. The molecule has 3 heteroatoms. The predicted octanol–water partition coefficient (Wildman–Crippen LogP) is 4.33. The van der Waals surface area contributed by atoms with Crippen molar-refractivity contribution in [1.82, 2.24) is 0 Å². The van der Waals surface area contributed by atoms with Gasteiger partial charge in [0.1, 0.15) is 0 Å². The summed E-state index contributed by atoms with van der Waals surface area (Å²) < 4.78 is 5.54. The Morgan fingerprint density at radius 1 is 1.29 bits per heavy atom. The number of hydrogen-bond acceptors (Lipinski definition) is 2. The number of ether oxygens (including phenoxy) is 1. The minimum absolute atomic E-state index is 0.263. The van der Waals surface area contributed by atoms with E-state index in [9.17, 15) is 4.79 Å². The number of benzene rings is 1. The highest BCUT2D eigenvalue weighted by atomic mass is 28.3. The van der Waals surface area contributed by atoms with Gasteiger partial charge in [0.2, 0.25) is 0 Å². The second kappa shape index (κ2) is 7.98. The minimum Gasteiger partial charge on any atom is -0.436 e. The second-order valence-corrected chi connectivity index (χ2v) is 10.2. The van der Waals surface area contributed by atoms with Gasteiger partial charge < -0.3 is 4.74 Å². The molecule has 0 heterocycles. The first-order valence-corrected chi connectivity index (χ1v) is 10.5. The summed E-state index contributed by atoms with van der Waals surface area (Å²) in [4.78, 5) is 11.5. The van der Waals surface area contributed by atoms with Gasteiger partial charge in [-0.05, 0) is 18.9 Å². The van der Waals surface area contributed by atoms with E-state index in [4.69, 9.17) is 4.74 Å². The number of rotatable bonds is 7. The SMILES string of the molecule is C=C(/C=C(/OC(C)=O)[Si](C)(C)c1ccccc1)CCCC. The summed E-state index contributed by atoms with van der Waals surface area (Å²) in [5.74, 6) is -0.263. The third-order valence-electron chi connectivity index (χ3n) is 3.55. The van der Waals surface area contributed by atoms with Crippen molar-refractivity contribution in [1.29, 1.82) is 0 Å². The first kappa shape index (κ1) is 17.4. The van der Waals surface area contributed by atoms with Gasteiger partial charge in [-0.1, -0.05) is 74.1 Å². The smallest absolute Gasteiger partial charge is 0.307 e. The second-order valence-electron chi connectivity index (χ2n) is 5.86. The Morgan fingerprint density at radius 3 is 2.43 bits per heavy atom. The topological polar surface area (TPSA) is 26.3 Å². The van der Waals surface area contributed by atoms with Gasteiger partial charge in [-0.3, -0.25) is 4.79 Å². The van der Waals surface area contributed by atoms with Crippen molar-refractivity contribution >= 4 is 19.2 Å². The highest BCUT2D eigenvalue weighted by molar-refractivity contribution is 6.95. The molecule has 21 heavy (non-hydrogen) atoms. The standard InChI is InChI=1S/C18H26O2Si/c1-6-7-11-15(2)14-18(20-16(3)19)21(4,5)17-12-9-8-10-13-17/h8-10,12-14H,2,6-7,11H2,1,3-5H3/b18-14-. The average Bonchev–Trinajstić information content (AvgIpc) is 2.45. The van der Waals surface area contributed by atoms with Gasteiger partial charge in [-0.15, -0.1) is 0 Å². The minimum atomic E-state index is -2.02. The number of carbonyl (C=O) groups excluding carboxylic acids is 1. The van der Waals surface area contributed by atoms with Crippen molar-refractivity contribution in [2.24, 2.45) is 0 Å². The molecule has 0 aliphatic heterocycles. The van der Waals surface area contributed by atoms with E-state index in [0.29, 0.717) is 0 Å². The van der Waals surface area contributed by atoms with Crippen LogP contribution in [0.3, 0.4) is 0 Å². The van der Waals surface area contributed by atoms with Gasteiger partial charge >= 0.3 is 5.97 Å². The van der Waals surface area contributed by atoms with Crippen molar-refractivity contribution in [3.05, 3.63) is 53.9 Å². The maximum absolute atomic E-state index is 11.5. The molecule has 0 atom stereocenters. The van der Waals surface area contributed by atoms with E-state index in [1.807, 2.05) is 24.3 Å². The highest BCUT2D eigenvalue weighted by Gasteiger charge is 2.31. The molecule has 1 rings (SSSR count). The van der Waals surface area contributed by atoms with E-state index in [1.54, 1.807) is 0 Å². The Kier molecular flexibility index (Phi) is 6.63. The van der Waals surface area contributed by atoms with Crippen molar-refractivity contribution in [2.45, 2.75) is 46.2 Å². The van der Waals surface area contributed by atoms with Crippen LogP contribution < -0.4 is 5.19 Å². The molecule has 0 fully saturated rings. The lowest BCUT2D eigenvalue weighted by molar-refractivity contribution is -0.136. The molecule has 0 bridgehead atoms. The fraction of sp³-hybridized carbons (Fsp3) is 0.389. The summed E-state index contributed by atoms with van der Waals surface area (Å²) in [5, 5.41) is 2.04. The molecule has 0 spiro atoms. The summed E-state index contributed by atoms with van der Waals surface area (Å²) in [6.07, 6.45) is 5.17. The van der Waals surface area contributed by atoms with Crippen LogP contribution in [0.25, 0.3) is 0 Å². The van der Waals surface area contributed by atoms with Crippen LogP contribution in [0, 0.1) is 0 Å². The van der Waals surface area contributed by atoms with Crippen LogP contribution in [-0.2, 0) is 9.53 Å². The third-order valence-corrected chi connectivity index (χ3v) is 6.81. The summed E-state index contributed by atoms with van der Waals surface area (Å²) in [6, 6.07) is 10.3. The molecule has 0 unspecified atom stereocenters. The Bertz CT molecular complexity index is 515. The Labute approximate surface area is 129 Å². The van der Waals surface area contributed by atoms with E-state index in [2.05, 4.69) is 38.7 Å².